The van der Waals surface area contributed by atoms with Gasteiger partial charge in [0.05, 0.1) is 5.56 Å². The number of nitrogens with two attached hydrogens (primary N) is 1. The summed E-state index contributed by atoms with van der Waals surface area (Å²) in [6.45, 7) is 1.18. The predicted octanol–water partition coefficient (Wildman–Crippen LogP) is 4.80. The first-order valence-electron chi connectivity index (χ1n) is 9.19. The summed E-state index contributed by atoms with van der Waals surface area (Å²) in [5.74, 6) is -0.464. The molecule has 6 heteroatoms. The third kappa shape index (κ3) is 5.68. The first-order chi connectivity index (χ1) is 13.8. The third-order valence-corrected chi connectivity index (χ3v) is 4.61. The van der Waals surface area contributed by atoms with Crippen LogP contribution in [0.25, 0.3) is 11.1 Å². The minimum absolute atomic E-state index is 0.461. The lowest BCUT2D eigenvalue weighted by atomic mass is 10.0. The first-order valence-corrected chi connectivity index (χ1v) is 9.19. The molecule has 3 N–H and O–H groups in total. The molecule has 0 unspecified atom stereocenters. The summed E-state index contributed by atoms with van der Waals surface area (Å²) in [4.78, 5) is 11.3. The van der Waals surface area contributed by atoms with E-state index in [0.29, 0.717) is 30.6 Å². The van der Waals surface area contributed by atoms with Crippen LogP contribution in [-0.4, -0.2) is 12.5 Å². The summed E-state index contributed by atoms with van der Waals surface area (Å²) >= 11 is 0. The molecule has 0 aromatic heterocycles. The molecular formula is C23H21F3N2O. The smallest absolute Gasteiger partial charge is 0.366 e. The molecule has 3 nitrogen and oxygen atoms in total. The van der Waals surface area contributed by atoms with Gasteiger partial charge in [0.1, 0.15) is 0 Å². The molecule has 0 heterocycles. The van der Waals surface area contributed by atoms with Crippen LogP contribution >= 0.6 is 0 Å². The lowest BCUT2D eigenvalue weighted by molar-refractivity contribution is -0.137. The highest BCUT2D eigenvalue weighted by Gasteiger charge is 2.30. The number of nitrogens with one attached hydrogen (secondary N) is 1. The van der Waals surface area contributed by atoms with Gasteiger partial charge in [-0.15, -0.1) is 0 Å². The van der Waals surface area contributed by atoms with Crippen molar-refractivity contribution in [3.63, 3.8) is 0 Å². The van der Waals surface area contributed by atoms with Gasteiger partial charge in [-0.25, -0.2) is 0 Å². The highest BCUT2D eigenvalue weighted by Crippen LogP contribution is 2.29. The van der Waals surface area contributed by atoms with E-state index >= 15 is 0 Å². The van der Waals surface area contributed by atoms with Crippen molar-refractivity contribution in [2.24, 2.45) is 5.73 Å². The van der Waals surface area contributed by atoms with Crippen LogP contribution in [0.3, 0.4) is 0 Å². The molecule has 0 aliphatic rings. The number of hydrogen-bond acceptors (Lipinski definition) is 2. The maximum Gasteiger partial charge on any atom is 0.416 e. The molecule has 3 rings (SSSR count). The van der Waals surface area contributed by atoms with Crippen LogP contribution in [0.1, 0.15) is 27.0 Å². The van der Waals surface area contributed by atoms with E-state index in [0.717, 1.165) is 22.8 Å². The number of primary amides is 1. The molecule has 0 spiro atoms. The van der Waals surface area contributed by atoms with Crippen LogP contribution in [0, 0.1) is 0 Å². The topological polar surface area (TPSA) is 55.1 Å². The summed E-state index contributed by atoms with van der Waals surface area (Å²) in [5.41, 5.74) is 8.75. The van der Waals surface area contributed by atoms with Gasteiger partial charge < -0.3 is 11.1 Å². The number of halogens is 3. The molecule has 0 saturated heterocycles. The van der Waals surface area contributed by atoms with Crippen molar-refractivity contribution in [2.45, 2.75) is 19.1 Å². The summed E-state index contributed by atoms with van der Waals surface area (Å²) in [5, 5.41) is 3.25. The fourth-order valence-electron chi connectivity index (χ4n) is 3.04. The van der Waals surface area contributed by atoms with Gasteiger partial charge >= 0.3 is 6.18 Å². The molecule has 0 aliphatic carbocycles. The number of amides is 1. The second-order valence-electron chi connectivity index (χ2n) is 6.77. The van der Waals surface area contributed by atoms with Crippen molar-refractivity contribution in [1.82, 2.24) is 5.32 Å². The molecule has 0 aliphatic heterocycles. The van der Waals surface area contributed by atoms with Crippen molar-refractivity contribution in [3.8, 4) is 11.1 Å². The Morgan fingerprint density at radius 2 is 1.59 bits per heavy atom. The summed E-state index contributed by atoms with van der Waals surface area (Å²) < 4.78 is 38.3. The maximum absolute atomic E-state index is 12.8. The molecule has 0 bridgehead atoms. The van der Waals surface area contributed by atoms with Gasteiger partial charge in [0.2, 0.25) is 5.91 Å². The summed E-state index contributed by atoms with van der Waals surface area (Å²) in [6.07, 6.45) is -3.80. The number of rotatable bonds is 7. The van der Waals surface area contributed by atoms with E-state index in [1.54, 1.807) is 24.3 Å². The van der Waals surface area contributed by atoms with Crippen LogP contribution in [-0.2, 0) is 19.1 Å². The van der Waals surface area contributed by atoms with Crippen molar-refractivity contribution >= 4 is 5.91 Å². The lowest BCUT2D eigenvalue weighted by Crippen LogP contribution is -2.17. The van der Waals surface area contributed by atoms with E-state index in [4.69, 9.17) is 5.73 Å². The quantitative estimate of drug-likeness (QED) is 0.562. The summed E-state index contributed by atoms with van der Waals surface area (Å²) in [7, 11) is 0. The normalized spacial score (nSPS) is 11.4. The highest BCUT2D eigenvalue weighted by atomic mass is 19.4. The Bertz CT molecular complexity index is 982. The molecule has 3 aromatic carbocycles. The van der Waals surface area contributed by atoms with Gasteiger partial charge in [-0.1, -0.05) is 54.6 Å². The zero-order valence-electron chi connectivity index (χ0n) is 15.7. The Balaban J connectivity index is 1.53. The van der Waals surface area contributed by atoms with E-state index in [9.17, 15) is 18.0 Å². The average molecular weight is 398 g/mol. The molecule has 0 saturated carbocycles. The fraction of sp³-hybridized carbons (Fsp3) is 0.174. The Labute approximate surface area is 167 Å². The number of carbonyl (C=O) groups is 1. The van der Waals surface area contributed by atoms with Crippen LogP contribution in [0.15, 0.2) is 72.8 Å². The van der Waals surface area contributed by atoms with Crippen molar-refractivity contribution in [1.29, 1.82) is 0 Å². The molecule has 1 amide bonds. The summed E-state index contributed by atoms with van der Waals surface area (Å²) in [6, 6.07) is 20.4. The third-order valence-electron chi connectivity index (χ3n) is 4.61. The highest BCUT2D eigenvalue weighted by molar-refractivity contribution is 5.94. The zero-order valence-corrected chi connectivity index (χ0v) is 15.7. The van der Waals surface area contributed by atoms with E-state index in [1.165, 1.54) is 12.1 Å². The van der Waals surface area contributed by atoms with Crippen LogP contribution in [0.4, 0.5) is 13.2 Å². The SMILES string of the molecule is NC(=O)c1cccc(-c2ccc(CNCCc3cccc(C(F)(F)F)c3)cc2)c1. The number of alkyl halides is 3. The average Bonchev–Trinajstić information content (AvgIpc) is 2.71. The van der Waals surface area contributed by atoms with E-state index in [-0.39, 0.29) is 0 Å². The Kier molecular flexibility index (Phi) is 6.34. The molecule has 3 aromatic rings. The van der Waals surface area contributed by atoms with Gasteiger partial charge in [0.15, 0.2) is 0 Å². The van der Waals surface area contributed by atoms with Gasteiger partial charge in [0.25, 0.3) is 0 Å². The number of carbonyl (C=O) groups excluding carboxylic acids is 1. The largest absolute Gasteiger partial charge is 0.416 e. The van der Waals surface area contributed by atoms with Gasteiger partial charge in [0, 0.05) is 12.1 Å². The number of benzene rings is 3. The van der Waals surface area contributed by atoms with Crippen LogP contribution < -0.4 is 11.1 Å². The molecule has 150 valence electrons. The molecule has 0 radical (unpaired) electrons. The van der Waals surface area contributed by atoms with E-state index in [2.05, 4.69) is 5.32 Å². The monoisotopic (exact) mass is 398 g/mol. The minimum Gasteiger partial charge on any atom is -0.366 e. The van der Waals surface area contributed by atoms with Crippen molar-refractivity contribution in [3.05, 3.63) is 95.1 Å². The van der Waals surface area contributed by atoms with E-state index < -0.39 is 17.6 Å². The lowest BCUT2D eigenvalue weighted by Gasteiger charge is -2.10. The van der Waals surface area contributed by atoms with Crippen LogP contribution in [0.5, 0.6) is 0 Å². The molecule has 29 heavy (non-hydrogen) atoms. The van der Waals surface area contributed by atoms with Gasteiger partial charge in [-0.2, -0.15) is 13.2 Å². The predicted molar refractivity (Wildman–Crippen MR) is 107 cm³/mol. The van der Waals surface area contributed by atoms with Crippen LogP contribution in [0.2, 0.25) is 0 Å². The van der Waals surface area contributed by atoms with Gasteiger partial charge in [-0.05, 0) is 53.4 Å². The Morgan fingerprint density at radius 3 is 2.28 bits per heavy atom. The second kappa shape index (κ2) is 8.92. The second-order valence-corrected chi connectivity index (χ2v) is 6.77. The number of hydrogen-bond donors (Lipinski definition) is 2. The molecular weight excluding hydrogens is 377 g/mol. The molecule has 0 atom stereocenters. The Morgan fingerprint density at radius 1 is 0.862 bits per heavy atom. The van der Waals surface area contributed by atoms with E-state index in [1.807, 2.05) is 30.3 Å². The molecule has 0 fully saturated rings. The Hall–Kier alpha value is -3.12. The fourth-order valence-corrected chi connectivity index (χ4v) is 3.04. The standard InChI is InChI=1S/C23H21F3N2O/c24-23(25,26)21-6-1-3-16(13-21)11-12-28-15-17-7-9-18(10-8-17)19-4-2-5-20(14-19)22(27)29/h1-10,13-14,28H,11-12,15H2,(H2,27,29). The minimum atomic E-state index is -4.32. The van der Waals surface area contributed by atoms with Gasteiger partial charge in [-0.3, -0.25) is 4.79 Å². The van der Waals surface area contributed by atoms with Crippen molar-refractivity contribution in [2.75, 3.05) is 6.54 Å². The zero-order chi connectivity index (χ0) is 20.9. The maximum atomic E-state index is 12.8. The first kappa shape index (κ1) is 20.6. The van der Waals surface area contributed by atoms with Crippen molar-refractivity contribution < 1.29 is 18.0 Å².